The minimum atomic E-state index is -0.0266. The number of amides is 1. The van der Waals surface area contributed by atoms with Crippen LogP contribution in [0.25, 0.3) is 0 Å². The molecule has 2 rings (SSSR count). The van der Waals surface area contributed by atoms with Crippen molar-refractivity contribution in [2.75, 3.05) is 0 Å². The molecule has 4 nitrogen and oxygen atoms in total. The van der Waals surface area contributed by atoms with E-state index in [0.717, 1.165) is 6.54 Å². The van der Waals surface area contributed by atoms with Gasteiger partial charge in [0.2, 0.25) is 0 Å². The van der Waals surface area contributed by atoms with E-state index in [2.05, 4.69) is 10.4 Å². The van der Waals surface area contributed by atoms with E-state index in [4.69, 9.17) is 0 Å². The van der Waals surface area contributed by atoms with Crippen LogP contribution in [0.2, 0.25) is 0 Å². The van der Waals surface area contributed by atoms with Gasteiger partial charge in [0.1, 0.15) is 5.69 Å². The third-order valence-electron chi connectivity index (χ3n) is 1.77. The van der Waals surface area contributed by atoms with Gasteiger partial charge < -0.3 is 5.32 Å². The first-order chi connectivity index (χ1) is 5.27. The second kappa shape index (κ2) is 2.08. The fraction of sp³-hybridized carbons (Fsp3) is 0.429. The minimum Gasteiger partial charge on any atom is -0.346 e. The average molecular weight is 151 g/mol. The van der Waals surface area contributed by atoms with Gasteiger partial charge in [-0.1, -0.05) is 0 Å². The molecule has 1 aliphatic heterocycles. The number of aromatic nitrogens is 2. The molecule has 0 saturated heterocycles. The van der Waals surface area contributed by atoms with Crippen LogP contribution in [0.1, 0.15) is 17.4 Å². The van der Waals surface area contributed by atoms with Crippen LogP contribution >= 0.6 is 0 Å². The molecule has 0 aliphatic carbocycles. The molecule has 11 heavy (non-hydrogen) atoms. The number of fused-ring (bicyclic) bond motifs is 1. The van der Waals surface area contributed by atoms with E-state index < -0.39 is 0 Å². The normalized spacial score (nSPS) is 22.6. The molecule has 1 aliphatic rings. The van der Waals surface area contributed by atoms with Crippen LogP contribution in [-0.2, 0) is 6.54 Å². The highest BCUT2D eigenvalue weighted by atomic mass is 16.2. The zero-order valence-electron chi connectivity index (χ0n) is 6.24. The quantitative estimate of drug-likeness (QED) is 0.568. The van der Waals surface area contributed by atoms with Gasteiger partial charge in [-0.15, -0.1) is 0 Å². The first-order valence-electron chi connectivity index (χ1n) is 3.60. The number of hydrogen-bond donors (Lipinski definition) is 1. The molecule has 0 fully saturated rings. The van der Waals surface area contributed by atoms with Crippen LogP contribution in [0.4, 0.5) is 0 Å². The summed E-state index contributed by atoms with van der Waals surface area (Å²) < 4.78 is 1.73. The highest BCUT2D eigenvalue weighted by Gasteiger charge is 2.20. The molecule has 2 heterocycles. The van der Waals surface area contributed by atoms with E-state index >= 15 is 0 Å². The Kier molecular flexibility index (Phi) is 1.21. The molecule has 58 valence electrons. The van der Waals surface area contributed by atoms with Crippen LogP contribution in [0, 0.1) is 0 Å². The van der Waals surface area contributed by atoms with Gasteiger partial charge in [0.05, 0.1) is 6.54 Å². The lowest BCUT2D eigenvalue weighted by molar-refractivity contribution is 0.0901. The lowest BCUT2D eigenvalue weighted by atomic mass is 10.2. The number of carbonyl (C=O) groups excluding carboxylic acids is 1. The first-order valence-corrected chi connectivity index (χ1v) is 3.60. The molecule has 1 unspecified atom stereocenters. The predicted octanol–water partition coefficient (Wildman–Crippen LogP) is 0.0150. The maximum Gasteiger partial charge on any atom is 0.269 e. The first kappa shape index (κ1) is 6.39. The third-order valence-corrected chi connectivity index (χ3v) is 1.77. The van der Waals surface area contributed by atoms with Crippen molar-refractivity contribution in [2.24, 2.45) is 0 Å². The van der Waals surface area contributed by atoms with Crippen molar-refractivity contribution >= 4 is 5.91 Å². The molecular formula is C7H9N3O. The van der Waals surface area contributed by atoms with Gasteiger partial charge in [0, 0.05) is 12.2 Å². The standard InChI is InChI=1S/C7H9N3O/c1-5-4-10-6(2-3-8-10)7(11)9-5/h2-3,5H,4H2,1H3,(H,9,11). The molecule has 1 atom stereocenters. The summed E-state index contributed by atoms with van der Waals surface area (Å²) in [5.41, 5.74) is 0.656. The maximum atomic E-state index is 11.2. The summed E-state index contributed by atoms with van der Waals surface area (Å²) in [6, 6.07) is 1.91. The summed E-state index contributed by atoms with van der Waals surface area (Å²) in [7, 11) is 0. The van der Waals surface area contributed by atoms with Gasteiger partial charge in [-0.3, -0.25) is 9.48 Å². The van der Waals surface area contributed by atoms with Crippen LogP contribution in [-0.4, -0.2) is 21.7 Å². The maximum absolute atomic E-state index is 11.2. The smallest absolute Gasteiger partial charge is 0.269 e. The Hall–Kier alpha value is -1.32. The molecule has 0 saturated carbocycles. The summed E-state index contributed by atoms with van der Waals surface area (Å²) >= 11 is 0. The van der Waals surface area contributed by atoms with E-state index in [1.807, 2.05) is 6.92 Å². The van der Waals surface area contributed by atoms with E-state index in [0.29, 0.717) is 5.69 Å². The van der Waals surface area contributed by atoms with E-state index in [1.165, 1.54) is 0 Å². The number of nitrogens with zero attached hydrogens (tertiary/aromatic N) is 2. The van der Waals surface area contributed by atoms with Crippen molar-refractivity contribution in [3.05, 3.63) is 18.0 Å². The van der Waals surface area contributed by atoms with Crippen molar-refractivity contribution < 1.29 is 4.79 Å². The van der Waals surface area contributed by atoms with Gasteiger partial charge >= 0.3 is 0 Å². The zero-order chi connectivity index (χ0) is 7.84. The summed E-state index contributed by atoms with van der Waals surface area (Å²) in [5, 5.41) is 6.84. The van der Waals surface area contributed by atoms with Crippen molar-refractivity contribution in [1.82, 2.24) is 15.1 Å². The number of hydrogen-bond acceptors (Lipinski definition) is 2. The molecule has 4 heteroatoms. The SMILES string of the molecule is CC1Cn2nccc2C(=O)N1. The van der Waals surface area contributed by atoms with Crippen molar-refractivity contribution in [1.29, 1.82) is 0 Å². The van der Waals surface area contributed by atoms with Gasteiger partial charge in [-0.25, -0.2) is 0 Å². The van der Waals surface area contributed by atoms with E-state index in [-0.39, 0.29) is 11.9 Å². The van der Waals surface area contributed by atoms with Gasteiger partial charge in [-0.2, -0.15) is 5.10 Å². The summed E-state index contributed by atoms with van der Waals surface area (Å²) in [5.74, 6) is -0.0266. The molecule has 1 aromatic rings. The number of nitrogens with one attached hydrogen (secondary N) is 1. The van der Waals surface area contributed by atoms with Crippen LogP contribution in [0.3, 0.4) is 0 Å². The average Bonchev–Trinajstić information content (AvgIpc) is 2.34. The van der Waals surface area contributed by atoms with Crippen molar-refractivity contribution in [3.8, 4) is 0 Å². The molecule has 1 aromatic heterocycles. The van der Waals surface area contributed by atoms with Crippen LogP contribution in [0.5, 0.6) is 0 Å². The Bertz CT molecular complexity index is 292. The number of rotatable bonds is 0. The molecule has 0 spiro atoms. The molecule has 1 amide bonds. The second-order valence-electron chi connectivity index (χ2n) is 2.77. The van der Waals surface area contributed by atoms with Crippen molar-refractivity contribution in [3.63, 3.8) is 0 Å². The fourth-order valence-corrected chi connectivity index (χ4v) is 1.27. The lowest BCUT2D eigenvalue weighted by Crippen LogP contribution is -2.42. The Morgan fingerprint density at radius 1 is 1.82 bits per heavy atom. The van der Waals surface area contributed by atoms with Crippen LogP contribution in [0.15, 0.2) is 12.3 Å². The Morgan fingerprint density at radius 3 is 3.45 bits per heavy atom. The topological polar surface area (TPSA) is 46.9 Å². The largest absolute Gasteiger partial charge is 0.346 e. The fourth-order valence-electron chi connectivity index (χ4n) is 1.27. The highest BCUT2D eigenvalue weighted by Crippen LogP contribution is 2.05. The minimum absolute atomic E-state index is 0.0266. The van der Waals surface area contributed by atoms with Crippen molar-refractivity contribution in [2.45, 2.75) is 19.5 Å². The lowest BCUT2D eigenvalue weighted by Gasteiger charge is -2.20. The zero-order valence-corrected chi connectivity index (χ0v) is 6.24. The summed E-state index contributed by atoms with van der Waals surface area (Å²) in [6.07, 6.45) is 1.65. The highest BCUT2D eigenvalue weighted by molar-refractivity contribution is 5.93. The molecule has 0 radical (unpaired) electrons. The molecular weight excluding hydrogens is 142 g/mol. The monoisotopic (exact) mass is 151 g/mol. The van der Waals surface area contributed by atoms with Gasteiger partial charge in [0.15, 0.2) is 0 Å². The van der Waals surface area contributed by atoms with Gasteiger partial charge in [0.25, 0.3) is 5.91 Å². The third kappa shape index (κ3) is 0.906. The second-order valence-corrected chi connectivity index (χ2v) is 2.77. The Balaban J connectivity index is 2.44. The van der Waals surface area contributed by atoms with E-state index in [9.17, 15) is 4.79 Å². The Labute approximate surface area is 64.2 Å². The van der Waals surface area contributed by atoms with E-state index in [1.54, 1.807) is 16.9 Å². The summed E-state index contributed by atoms with van der Waals surface area (Å²) in [6.45, 7) is 2.73. The number of carbonyl (C=O) groups is 1. The molecule has 1 N–H and O–H groups in total. The predicted molar refractivity (Wildman–Crippen MR) is 39.2 cm³/mol. The summed E-state index contributed by atoms with van der Waals surface area (Å²) in [4.78, 5) is 11.2. The van der Waals surface area contributed by atoms with Crippen LogP contribution < -0.4 is 5.32 Å². The Morgan fingerprint density at radius 2 is 2.64 bits per heavy atom. The van der Waals surface area contributed by atoms with Gasteiger partial charge in [-0.05, 0) is 13.0 Å². The molecule has 0 aromatic carbocycles. The molecule has 0 bridgehead atoms.